The maximum Gasteiger partial charge on any atom is 0.293 e. The second-order valence-corrected chi connectivity index (χ2v) is 8.49. The van der Waals surface area contributed by atoms with Crippen molar-refractivity contribution in [3.63, 3.8) is 0 Å². The van der Waals surface area contributed by atoms with Crippen molar-refractivity contribution in [3.05, 3.63) is 55.7 Å². The third-order valence-corrected chi connectivity index (χ3v) is 6.03. The number of carbonyl (C=O) groups excluding carboxylic acids is 3. The fourth-order valence-corrected chi connectivity index (χ4v) is 4.26. The molecule has 3 rings (SSSR count). The number of amides is 3. The van der Waals surface area contributed by atoms with Gasteiger partial charge in [0.25, 0.3) is 11.1 Å². The molecule has 2 aromatic rings. The summed E-state index contributed by atoms with van der Waals surface area (Å²) in [4.78, 5) is 38.2. The average Bonchev–Trinajstić information content (AvgIpc) is 3.15. The molecule has 2 heterocycles. The van der Waals surface area contributed by atoms with Crippen LogP contribution in [-0.4, -0.2) is 40.2 Å². The van der Waals surface area contributed by atoms with E-state index in [-0.39, 0.29) is 35.6 Å². The number of hydrogen-bond donors (Lipinski definition) is 1. The molecule has 10 heteroatoms. The molecule has 1 aromatic carbocycles. The van der Waals surface area contributed by atoms with Crippen molar-refractivity contribution >= 4 is 58.1 Å². The van der Waals surface area contributed by atoms with Crippen LogP contribution in [0.3, 0.4) is 0 Å². The van der Waals surface area contributed by atoms with Gasteiger partial charge in [-0.3, -0.25) is 19.3 Å². The van der Waals surface area contributed by atoms with E-state index in [0.29, 0.717) is 27.8 Å². The molecule has 0 aliphatic carbocycles. The number of aryl methyl sites for hydroxylation is 2. The predicted molar refractivity (Wildman–Crippen MR) is 116 cm³/mol. The first kappa shape index (κ1) is 22.4. The highest BCUT2D eigenvalue weighted by atomic mass is 35.5. The van der Waals surface area contributed by atoms with Gasteiger partial charge in [-0.15, -0.1) is 0 Å². The minimum Gasteiger partial charge on any atom is -0.361 e. The van der Waals surface area contributed by atoms with Crippen molar-refractivity contribution in [1.82, 2.24) is 15.4 Å². The Hall–Kier alpha value is -2.29. The van der Waals surface area contributed by atoms with Crippen LogP contribution in [0, 0.1) is 13.8 Å². The van der Waals surface area contributed by atoms with Gasteiger partial charge in [-0.2, -0.15) is 0 Å². The summed E-state index contributed by atoms with van der Waals surface area (Å²) in [7, 11) is 0. The number of aromatic nitrogens is 1. The van der Waals surface area contributed by atoms with E-state index >= 15 is 0 Å². The molecule has 0 radical (unpaired) electrons. The molecule has 158 valence electrons. The van der Waals surface area contributed by atoms with E-state index in [2.05, 4.69) is 10.5 Å². The van der Waals surface area contributed by atoms with Crippen molar-refractivity contribution in [2.24, 2.45) is 0 Å². The number of halogens is 2. The van der Waals surface area contributed by atoms with E-state index in [1.807, 2.05) is 6.92 Å². The Kier molecular flexibility index (Phi) is 7.23. The number of hydrogen-bond acceptors (Lipinski definition) is 6. The molecule has 0 bridgehead atoms. The van der Waals surface area contributed by atoms with Crippen molar-refractivity contribution in [2.75, 3.05) is 13.1 Å². The predicted octanol–water partition coefficient (Wildman–Crippen LogP) is 4.38. The van der Waals surface area contributed by atoms with Crippen molar-refractivity contribution in [2.45, 2.75) is 26.7 Å². The number of thioether (sulfide) groups is 1. The Morgan fingerprint density at radius 3 is 2.73 bits per heavy atom. The second kappa shape index (κ2) is 9.68. The molecular formula is C20H19Cl2N3O4S. The second-order valence-electron chi connectivity index (χ2n) is 6.65. The van der Waals surface area contributed by atoms with Gasteiger partial charge in [0.2, 0.25) is 5.91 Å². The molecule has 30 heavy (non-hydrogen) atoms. The number of nitrogens with one attached hydrogen (secondary N) is 1. The molecule has 1 aliphatic heterocycles. The summed E-state index contributed by atoms with van der Waals surface area (Å²) in [5.74, 6) is 0.108. The molecule has 0 unspecified atom stereocenters. The van der Waals surface area contributed by atoms with Crippen LogP contribution in [0.4, 0.5) is 4.79 Å². The molecule has 0 atom stereocenters. The first-order chi connectivity index (χ1) is 14.3. The summed E-state index contributed by atoms with van der Waals surface area (Å²) >= 11 is 12.8. The number of rotatable bonds is 7. The Morgan fingerprint density at radius 1 is 1.30 bits per heavy atom. The Balaban J connectivity index is 1.52. The van der Waals surface area contributed by atoms with Crippen LogP contribution in [0.15, 0.2) is 27.6 Å². The fourth-order valence-electron chi connectivity index (χ4n) is 2.95. The van der Waals surface area contributed by atoms with E-state index in [0.717, 1.165) is 27.9 Å². The van der Waals surface area contributed by atoms with Crippen molar-refractivity contribution in [1.29, 1.82) is 0 Å². The lowest BCUT2D eigenvalue weighted by molar-refractivity contribution is -0.124. The van der Waals surface area contributed by atoms with Gasteiger partial charge in [0, 0.05) is 35.1 Å². The molecule has 3 amide bonds. The zero-order chi connectivity index (χ0) is 21.8. The number of nitrogens with zero attached hydrogens (tertiary/aromatic N) is 2. The van der Waals surface area contributed by atoms with E-state index in [9.17, 15) is 14.4 Å². The minimum atomic E-state index is -0.416. The van der Waals surface area contributed by atoms with Crippen molar-refractivity contribution in [3.8, 4) is 0 Å². The van der Waals surface area contributed by atoms with Gasteiger partial charge in [-0.05, 0) is 55.8 Å². The number of benzene rings is 1. The van der Waals surface area contributed by atoms with Crippen LogP contribution >= 0.6 is 35.0 Å². The molecule has 1 saturated heterocycles. The van der Waals surface area contributed by atoms with Crippen LogP contribution in [0.25, 0.3) is 6.08 Å². The van der Waals surface area contributed by atoms with Crippen LogP contribution in [0.2, 0.25) is 10.0 Å². The first-order valence-electron chi connectivity index (χ1n) is 9.15. The number of carbonyl (C=O) groups is 3. The zero-order valence-electron chi connectivity index (χ0n) is 16.3. The standard InChI is InChI=1S/C20H19Cl2N3O4S/c1-11-15(12(2)29-24-11)5-6-18(26)23-7-8-25-19(27)17(30-20(25)28)9-13-3-4-14(21)10-16(13)22/h3-4,9-10H,5-8H2,1-2H3,(H,23,26)/b17-9-. The van der Waals surface area contributed by atoms with Gasteiger partial charge >= 0.3 is 0 Å². The molecule has 0 saturated carbocycles. The molecule has 0 spiro atoms. The summed E-state index contributed by atoms with van der Waals surface area (Å²) in [6.07, 6.45) is 2.34. The van der Waals surface area contributed by atoms with E-state index in [1.165, 1.54) is 0 Å². The summed E-state index contributed by atoms with van der Waals surface area (Å²) in [5.41, 5.74) is 2.28. The maximum absolute atomic E-state index is 12.5. The number of imide groups is 1. The van der Waals surface area contributed by atoms with E-state index < -0.39 is 5.91 Å². The van der Waals surface area contributed by atoms with E-state index in [4.69, 9.17) is 27.7 Å². The third kappa shape index (κ3) is 5.24. The van der Waals surface area contributed by atoms with Gasteiger partial charge in [0.15, 0.2) is 0 Å². The van der Waals surface area contributed by atoms with Crippen LogP contribution in [-0.2, 0) is 16.0 Å². The summed E-state index contributed by atoms with van der Waals surface area (Å²) < 4.78 is 5.08. The zero-order valence-corrected chi connectivity index (χ0v) is 18.7. The van der Waals surface area contributed by atoms with Gasteiger partial charge in [0.05, 0.1) is 10.6 Å². The third-order valence-electron chi connectivity index (χ3n) is 4.56. The fraction of sp³-hybridized carbons (Fsp3) is 0.300. The van der Waals surface area contributed by atoms with Gasteiger partial charge in [0.1, 0.15) is 5.76 Å². The normalized spacial score (nSPS) is 15.3. The maximum atomic E-state index is 12.5. The van der Waals surface area contributed by atoms with Crippen LogP contribution < -0.4 is 5.32 Å². The monoisotopic (exact) mass is 467 g/mol. The van der Waals surface area contributed by atoms with Gasteiger partial charge in [-0.1, -0.05) is 34.4 Å². The molecule has 7 nitrogen and oxygen atoms in total. The molecule has 1 aliphatic rings. The summed E-state index contributed by atoms with van der Waals surface area (Å²) in [5, 5.41) is 7.08. The summed E-state index contributed by atoms with van der Waals surface area (Å²) in [6.45, 7) is 3.90. The lowest BCUT2D eigenvalue weighted by Crippen LogP contribution is -2.37. The highest BCUT2D eigenvalue weighted by Crippen LogP contribution is 2.33. The lowest BCUT2D eigenvalue weighted by Gasteiger charge is -2.13. The molecule has 1 N–H and O–H groups in total. The van der Waals surface area contributed by atoms with Gasteiger partial charge in [-0.25, -0.2) is 0 Å². The van der Waals surface area contributed by atoms with Crippen LogP contribution in [0.1, 0.15) is 29.0 Å². The highest BCUT2D eigenvalue weighted by molar-refractivity contribution is 8.18. The molecule has 1 aromatic heterocycles. The quantitative estimate of drug-likeness (QED) is 0.607. The molecule has 1 fully saturated rings. The minimum absolute atomic E-state index is 0.0907. The first-order valence-corrected chi connectivity index (χ1v) is 10.7. The Bertz CT molecular complexity index is 1020. The smallest absolute Gasteiger partial charge is 0.293 e. The Labute approximate surface area is 187 Å². The summed E-state index contributed by atoms with van der Waals surface area (Å²) in [6, 6.07) is 4.90. The average molecular weight is 468 g/mol. The lowest BCUT2D eigenvalue weighted by atomic mass is 10.1. The van der Waals surface area contributed by atoms with E-state index in [1.54, 1.807) is 31.2 Å². The molecular weight excluding hydrogens is 449 g/mol. The largest absolute Gasteiger partial charge is 0.361 e. The van der Waals surface area contributed by atoms with Gasteiger partial charge < -0.3 is 9.84 Å². The van der Waals surface area contributed by atoms with Crippen molar-refractivity contribution < 1.29 is 18.9 Å². The highest BCUT2D eigenvalue weighted by Gasteiger charge is 2.34. The topological polar surface area (TPSA) is 92.5 Å². The Morgan fingerprint density at radius 2 is 2.07 bits per heavy atom. The SMILES string of the molecule is Cc1noc(C)c1CCC(=O)NCCN1C(=O)S/C(=C\c2ccc(Cl)cc2Cl)C1=O. The van der Waals surface area contributed by atoms with Crippen LogP contribution in [0.5, 0.6) is 0 Å².